The first-order valence-electron chi connectivity index (χ1n) is 8.61. The second kappa shape index (κ2) is 7.44. The number of benzene rings is 2. The molecule has 1 aliphatic heterocycles. The van der Waals surface area contributed by atoms with E-state index in [0.29, 0.717) is 11.3 Å². The molecule has 2 heterocycles. The van der Waals surface area contributed by atoms with Crippen LogP contribution in [0.25, 0.3) is 0 Å². The number of aromatic nitrogens is 1. The van der Waals surface area contributed by atoms with E-state index in [2.05, 4.69) is 0 Å². The van der Waals surface area contributed by atoms with Crippen molar-refractivity contribution in [2.75, 3.05) is 5.75 Å². The van der Waals surface area contributed by atoms with Crippen LogP contribution < -0.4 is 0 Å². The van der Waals surface area contributed by atoms with Gasteiger partial charge >= 0.3 is 0 Å². The molecule has 5 nitrogen and oxygen atoms in total. The van der Waals surface area contributed by atoms with Gasteiger partial charge in [0, 0.05) is 11.8 Å². The fraction of sp³-hybridized carbons (Fsp3) is 0.150. The molecule has 4 rings (SSSR count). The molecule has 2 aromatic carbocycles. The fourth-order valence-corrected chi connectivity index (χ4v) is 5.84. The first-order valence-corrected chi connectivity index (χ1v) is 11.1. The molecule has 28 heavy (non-hydrogen) atoms. The van der Waals surface area contributed by atoms with Gasteiger partial charge in [0.1, 0.15) is 11.2 Å². The Labute approximate surface area is 166 Å². The van der Waals surface area contributed by atoms with Crippen molar-refractivity contribution in [3.8, 4) is 0 Å². The second-order valence-electron chi connectivity index (χ2n) is 6.32. The van der Waals surface area contributed by atoms with Gasteiger partial charge < -0.3 is 4.90 Å². The average Bonchev–Trinajstić information content (AvgIpc) is 3.32. The first-order chi connectivity index (χ1) is 13.5. The summed E-state index contributed by atoms with van der Waals surface area (Å²) in [6.07, 6.45) is 1.47. The van der Waals surface area contributed by atoms with Crippen LogP contribution in [0.3, 0.4) is 0 Å². The van der Waals surface area contributed by atoms with Crippen molar-refractivity contribution in [2.24, 2.45) is 0 Å². The van der Waals surface area contributed by atoms with Gasteiger partial charge in [0.15, 0.2) is 0 Å². The molecular formula is C20H17FN2O3S2. The quantitative estimate of drug-likeness (QED) is 0.637. The smallest absolute Gasteiger partial charge is 0.267 e. The number of hydrogen-bond donors (Lipinski definition) is 0. The van der Waals surface area contributed by atoms with Crippen molar-refractivity contribution in [1.29, 1.82) is 0 Å². The van der Waals surface area contributed by atoms with E-state index in [4.69, 9.17) is 0 Å². The summed E-state index contributed by atoms with van der Waals surface area (Å²) in [4.78, 5) is 14.1. The van der Waals surface area contributed by atoms with Crippen molar-refractivity contribution in [1.82, 2.24) is 8.87 Å². The second-order valence-corrected chi connectivity index (χ2v) is 9.21. The number of rotatable bonds is 5. The molecular weight excluding hydrogens is 399 g/mol. The van der Waals surface area contributed by atoms with Crippen molar-refractivity contribution in [3.05, 3.63) is 90.0 Å². The molecule has 144 valence electrons. The molecule has 0 N–H and O–H groups in total. The molecule has 1 unspecified atom stereocenters. The van der Waals surface area contributed by atoms with Gasteiger partial charge in [0.2, 0.25) is 5.91 Å². The molecule has 0 aliphatic carbocycles. The number of halogens is 1. The van der Waals surface area contributed by atoms with E-state index in [-0.39, 0.29) is 23.1 Å². The third-order valence-corrected chi connectivity index (χ3v) is 7.51. The normalized spacial score (nSPS) is 17.2. The summed E-state index contributed by atoms with van der Waals surface area (Å²) in [5.41, 5.74) is 0.864. The SMILES string of the molecule is O=C1CSC(c2cccn2S(=O)(=O)c2ccccc2)N1Cc1ccccc1F. The summed E-state index contributed by atoms with van der Waals surface area (Å²) in [5.74, 6) is -0.322. The summed E-state index contributed by atoms with van der Waals surface area (Å²) in [7, 11) is -3.79. The lowest BCUT2D eigenvalue weighted by Crippen LogP contribution is -2.30. The van der Waals surface area contributed by atoms with Crippen LogP contribution in [0.15, 0.2) is 77.8 Å². The molecule has 0 radical (unpaired) electrons. The minimum Gasteiger partial charge on any atom is -0.320 e. The van der Waals surface area contributed by atoms with Crippen LogP contribution >= 0.6 is 11.8 Å². The molecule has 1 aliphatic rings. The van der Waals surface area contributed by atoms with Crippen LogP contribution in [0, 0.1) is 5.82 Å². The summed E-state index contributed by atoms with van der Waals surface area (Å²) < 4.78 is 41.4. The highest BCUT2D eigenvalue weighted by molar-refractivity contribution is 8.00. The first kappa shape index (κ1) is 18.8. The van der Waals surface area contributed by atoms with Crippen LogP contribution in [0.4, 0.5) is 4.39 Å². The molecule has 1 aromatic heterocycles. The highest BCUT2D eigenvalue weighted by Crippen LogP contribution is 2.40. The number of amides is 1. The fourth-order valence-electron chi connectivity index (χ4n) is 3.18. The van der Waals surface area contributed by atoms with Crippen molar-refractivity contribution >= 4 is 27.7 Å². The highest BCUT2D eigenvalue weighted by atomic mass is 32.2. The third-order valence-electron chi connectivity index (χ3n) is 4.56. The van der Waals surface area contributed by atoms with Crippen molar-refractivity contribution < 1.29 is 17.6 Å². The lowest BCUT2D eigenvalue weighted by atomic mass is 10.2. The maximum Gasteiger partial charge on any atom is 0.267 e. The number of carbonyl (C=O) groups excluding carboxylic acids is 1. The van der Waals surface area contributed by atoms with Gasteiger partial charge in [-0.3, -0.25) is 4.79 Å². The van der Waals surface area contributed by atoms with E-state index in [1.165, 1.54) is 45.0 Å². The van der Waals surface area contributed by atoms with Crippen LogP contribution in [0.1, 0.15) is 16.6 Å². The summed E-state index contributed by atoms with van der Waals surface area (Å²) in [5, 5.41) is -0.513. The molecule has 1 atom stereocenters. The van der Waals surface area contributed by atoms with Gasteiger partial charge in [-0.1, -0.05) is 36.4 Å². The minimum absolute atomic E-state index is 0.0831. The van der Waals surface area contributed by atoms with E-state index in [0.717, 1.165) is 0 Å². The van der Waals surface area contributed by atoms with Gasteiger partial charge in [0.25, 0.3) is 10.0 Å². The topological polar surface area (TPSA) is 59.4 Å². The Morgan fingerprint density at radius 3 is 2.46 bits per heavy atom. The number of thioether (sulfide) groups is 1. The van der Waals surface area contributed by atoms with E-state index in [9.17, 15) is 17.6 Å². The Kier molecular flexibility index (Phi) is 4.99. The zero-order valence-electron chi connectivity index (χ0n) is 14.7. The predicted molar refractivity (Wildman–Crippen MR) is 106 cm³/mol. The maximum absolute atomic E-state index is 14.1. The van der Waals surface area contributed by atoms with Crippen LogP contribution in [0.2, 0.25) is 0 Å². The van der Waals surface area contributed by atoms with Crippen LogP contribution in [-0.2, 0) is 21.4 Å². The Hall–Kier alpha value is -2.58. The Bertz CT molecular complexity index is 1110. The minimum atomic E-state index is -3.79. The lowest BCUT2D eigenvalue weighted by Gasteiger charge is -2.25. The molecule has 0 bridgehead atoms. The maximum atomic E-state index is 14.1. The van der Waals surface area contributed by atoms with Crippen LogP contribution in [0.5, 0.6) is 0 Å². The largest absolute Gasteiger partial charge is 0.320 e. The van der Waals surface area contributed by atoms with Crippen molar-refractivity contribution in [3.63, 3.8) is 0 Å². The van der Waals surface area contributed by atoms with E-state index >= 15 is 0 Å². The summed E-state index contributed by atoms with van der Waals surface area (Å²) in [6.45, 7) is 0.0831. The number of carbonyl (C=O) groups is 1. The van der Waals surface area contributed by atoms with E-state index in [1.807, 2.05) is 0 Å². The zero-order valence-corrected chi connectivity index (χ0v) is 16.4. The standard InChI is InChI=1S/C20H17FN2O3S2/c21-17-10-5-4-7-15(17)13-22-19(24)14-27-20(22)18-11-6-12-23(18)28(25,26)16-8-2-1-3-9-16/h1-12,20H,13-14H2. The molecule has 3 aromatic rings. The van der Waals surface area contributed by atoms with E-state index < -0.39 is 21.2 Å². The molecule has 1 saturated heterocycles. The van der Waals surface area contributed by atoms with Crippen molar-refractivity contribution in [2.45, 2.75) is 16.8 Å². The molecule has 0 saturated carbocycles. The Morgan fingerprint density at radius 1 is 1.00 bits per heavy atom. The van der Waals surface area contributed by atoms with E-state index in [1.54, 1.807) is 48.5 Å². The molecule has 1 fully saturated rings. The average molecular weight is 416 g/mol. The van der Waals surface area contributed by atoms with Gasteiger partial charge in [-0.05, 0) is 30.3 Å². The zero-order chi connectivity index (χ0) is 19.7. The number of hydrogen-bond acceptors (Lipinski definition) is 4. The highest BCUT2D eigenvalue weighted by Gasteiger charge is 2.36. The number of nitrogens with zero attached hydrogens (tertiary/aromatic N) is 2. The van der Waals surface area contributed by atoms with Gasteiger partial charge in [-0.15, -0.1) is 11.8 Å². The van der Waals surface area contributed by atoms with Crippen LogP contribution in [-0.4, -0.2) is 29.0 Å². The van der Waals surface area contributed by atoms with Gasteiger partial charge in [-0.2, -0.15) is 0 Å². The monoisotopic (exact) mass is 416 g/mol. The van der Waals surface area contributed by atoms with Gasteiger partial charge in [0.05, 0.1) is 22.9 Å². The lowest BCUT2D eigenvalue weighted by molar-refractivity contribution is -0.128. The Balaban J connectivity index is 1.71. The predicted octanol–water partition coefficient (Wildman–Crippen LogP) is 3.64. The Morgan fingerprint density at radius 2 is 1.71 bits per heavy atom. The van der Waals surface area contributed by atoms with Gasteiger partial charge in [-0.25, -0.2) is 16.8 Å². The summed E-state index contributed by atoms with van der Waals surface area (Å²) in [6, 6.07) is 17.7. The molecule has 8 heteroatoms. The third kappa shape index (κ3) is 3.33. The summed E-state index contributed by atoms with van der Waals surface area (Å²) >= 11 is 1.34. The molecule has 0 spiro atoms. The molecule has 1 amide bonds.